The number of para-hydroxylation sites is 2. The zero-order valence-electron chi connectivity index (χ0n) is 18.3. The van der Waals surface area contributed by atoms with Gasteiger partial charge in [0.2, 0.25) is 5.91 Å². The molecule has 0 aromatic heterocycles. The molecule has 1 atom stereocenters. The molecule has 6 rings (SSSR count). The van der Waals surface area contributed by atoms with Crippen LogP contribution in [0.4, 0.5) is 10.5 Å². The molecule has 0 radical (unpaired) electrons. The van der Waals surface area contributed by atoms with Crippen LogP contribution in [0.1, 0.15) is 45.4 Å². The largest absolute Gasteiger partial charge is 0.506 e. The molecule has 4 aliphatic carbocycles. The van der Waals surface area contributed by atoms with Crippen LogP contribution < -0.4 is 15.5 Å². The zero-order valence-corrected chi connectivity index (χ0v) is 18.3. The summed E-state index contributed by atoms with van der Waals surface area (Å²) in [5.74, 6) is 2.30. The summed E-state index contributed by atoms with van der Waals surface area (Å²) in [5.41, 5.74) is 0.736. The van der Waals surface area contributed by atoms with Crippen molar-refractivity contribution in [1.82, 2.24) is 15.5 Å². The number of phenolic OH excluding ortho intramolecular Hbond substituents is 1. The summed E-state index contributed by atoms with van der Waals surface area (Å²) < 4.78 is 0. The van der Waals surface area contributed by atoms with Gasteiger partial charge in [0.25, 0.3) is 0 Å². The SMILES string of the molecule is C[C@@H](C(=O)NC(=O)NC12CC3CC(CC(C3)C1)C2)N1CCN(c2ccccc2O)CC1. The Morgan fingerprint density at radius 3 is 2.16 bits per heavy atom. The third-order valence-corrected chi connectivity index (χ3v) is 8.12. The number of nitrogens with one attached hydrogen (secondary N) is 2. The van der Waals surface area contributed by atoms with Crippen LogP contribution >= 0.6 is 0 Å². The van der Waals surface area contributed by atoms with Gasteiger partial charge in [0, 0.05) is 31.7 Å². The van der Waals surface area contributed by atoms with E-state index in [1.165, 1.54) is 19.3 Å². The number of hydrogen-bond donors (Lipinski definition) is 3. The van der Waals surface area contributed by atoms with Gasteiger partial charge in [-0.25, -0.2) is 4.79 Å². The van der Waals surface area contributed by atoms with E-state index in [0.29, 0.717) is 13.1 Å². The maximum atomic E-state index is 12.8. The average molecular weight is 427 g/mol. The lowest BCUT2D eigenvalue weighted by Gasteiger charge is -2.56. The Morgan fingerprint density at radius 2 is 1.58 bits per heavy atom. The highest BCUT2D eigenvalue weighted by Crippen LogP contribution is 2.55. The highest BCUT2D eigenvalue weighted by molar-refractivity contribution is 5.97. The molecule has 168 valence electrons. The summed E-state index contributed by atoms with van der Waals surface area (Å²) in [4.78, 5) is 29.7. The van der Waals surface area contributed by atoms with Gasteiger partial charge < -0.3 is 15.3 Å². The van der Waals surface area contributed by atoms with Gasteiger partial charge in [-0.05, 0) is 75.3 Å². The van der Waals surface area contributed by atoms with Gasteiger partial charge >= 0.3 is 6.03 Å². The fraction of sp³-hybridized carbons (Fsp3) is 0.667. The van der Waals surface area contributed by atoms with Crippen molar-refractivity contribution in [2.45, 2.75) is 57.0 Å². The summed E-state index contributed by atoms with van der Waals surface area (Å²) in [6.45, 7) is 4.74. The van der Waals surface area contributed by atoms with Crippen LogP contribution in [0.2, 0.25) is 0 Å². The number of imide groups is 1. The second kappa shape index (κ2) is 8.01. The number of carbonyl (C=O) groups is 2. The fourth-order valence-corrected chi connectivity index (χ4v) is 7.00. The lowest BCUT2D eigenvalue weighted by molar-refractivity contribution is -0.125. The standard InChI is InChI=1S/C24H34N4O3/c1-16(27-6-8-28(9-7-27)20-4-2-3-5-21(20)29)22(30)25-23(31)26-24-13-17-10-18(14-24)12-19(11-17)15-24/h2-5,16-19,29H,6-15H2,1H3,(H2,25,26,30,31)/t16-,17?,18?,19?,24?/m0/s1. The van der Waals surface area contributed by atoms with E-state index >= 15 is 0 Å². The summed E-state index contributed by atoms with van der Waals surface area (Å²) in [6, 6.07) is 6.65. The molecule has 1 aliphatic heterocycles. The third-order valence-electron chi connectivity index (χ3n) is 8.12. The molecule has 5 aliphatic rings. The smallest absolute Gasteiger partial charge is 0.321 e. The topological polar surface area (TPSA) is 84.9 Å². The molecule has 4 saturated carbocycles. The number of nitrogens with zero attached hydrogens (tertiary/aromatic N) is 2. The number of piperazine rings is 1. The van der Waals surface area contributed by atoms with Crippen molar-refractivity contribution >= 4 is 17.6 Å². The minimum absolute atomic E-state index is 0.0916. The van der Waals surface area contributed by atoms with E-state index in [1.54, 1.807) is 6.07 Å². The summed E-state index contributed by atoms with van der Waals surface area (Å²) in [6.07, 6.45) is 7.20. The second-order valence-corrected chi connectivity index (χ2v) is 10.3. The van der Waals surface area contributed by atoms with Crippen molar-refractivity contribution in [2.24, 2.45) is 17.8 Å². The Morgan fingerprint density at radius 1 is 1.00 bits per heavy atom. The minimum atomic E-state index is -0.367. The number of benzene rings is 1. The molecule has 31 heavy (non-hydrogen) atoms. The number of carbonyl (C=O) groups excluding carboxylic acids is 2. The highest BCUT2D eigenvalue weighted by atomic mass is 16.3. The van der Waals surface area contributed by atoms with Gasteiger partial charge in [0.05, 0.1) is 11.7 Å². The Kier molecular flexibility index (Phi) is 5.32. The lowest BCUT2D eigenvalue weighted by Crippen LogP contribution is -2.63. The number of rotatable bonds is 4. The van der Waals surface area contributed by atoms with Crippen molar-refractivity contribution in [3.63, 3.8) is 0 Å². The van der Waals surface area contributed by atoms with Crippen molar-refractivity contribution in [3.8, 4) is 5.75 Å². The molecule has 0 unspecified atom stereocenters. The van der Waals surface area contributed by atoms with E-state index in [1.807, 2.05) is 25.1 Å². The summed E-state index contributed by atoms with van der Waals surface area (Å²) >= 11 is 0. The van der Waals surface area contributed by atoms with Gasteiger partial charge in [0.1, 0.15) is 5.75 Å². The molecule has 1 heterocycles. The van der Waals surface area contributed by atoms with Crippen LogP contribution in [0.15, 0.2) is 24.3 Å². The Balaban J connectivity index is 1.12. The van der Waals surface area contributed by atoms with Gasteiger partial charge in [-0.15, -0.1) is 0 Å². The Bertz CT molecular complexity index is 814. The van der Waals surface area contributed by atoms with Gasteiger partial charge in [-0.1, -0.05) is 12.1 Å². The van der Waals surface area contributed by atoms with E-state index in [2.05, 4.69) is 20.4 Å². The molecule has 1 saturated heterocycles. The highest BCUT2D eigenvalue weighted by Gasteiger charge is 2.51. The van der Waals surface area contributed by atoms with Gasteiger partial charge in [0.15, 0.2) is 0 Å². The lowest BCUT2D eigenvalue weighted by atomic mass is 9.53. The number of phenols is 1. The third kappa shape index (κ3) is 4.12. The van der Waals surface area contributed by atoms with E-state index in [0.717, 1.165) is 55.8 Å². The van der Waals surface area contributed by atoms with Gasteiger partial charge in [-0.2, -0.15) is 0 Å². The first-order chi connectivity index (χ1) is 14.9. The Hall–Kier alpha value is -2.28. The minimum Gasteiger partial charge on any atom is -0.506 e. The maximum Gasteiger partial charge on any atom is 0.321 e. The quantitative estimate of drug-likeness (QED) is 0.689. The van der Waals surface area contributed by atoms with Crippen molar-refractivity contribution in [2.75, 3.05) is 31.1 Å². The van der Waals surface area contributed by atoms with Crippen LogP contribution in [0.5, 0.6) is 5.75 Å². The number of amides is 3. The summed E-state index contributed by atoms with van der Waals surface area (Å²) in [7, 11) is 0. The number of aromatic hydroxyl groups is 1. The van der Waals surface area contributed by atoms with Crippen LogP contribution in [0, 0.1) is 17.8 Å². The van der Waals surface area contributed by atoms with E-state index in [9.17, 15) is 14.7 Å². The molecule has 3 N–H and O–H groups in total. The number of anilines is 1. The molecule has 1 aromatic carbocycles. The predicted octanol–water partition coefficient (Wildman–Crippen LogP) is 2.70. The van der Waals surface area contributed by atoms with Crippen LogP contribution in [0.25, 0.3) is 0 Å². The molecule has 0 spiro atoms. The number of urea groups is 1. The van der Waals surface area contributed by atoms with Crippen LogP contribution in [0.3, 0.4) is 0 Å². The normalized spacial score (nSPS) is 33.2. The summed E-state index contributed by atoms with van der Waals surface area (Å²) in [5, 5.41) is 15.9. The molecule has 7 nitrogen and oxygen atoms in total. The van der Waals surface area contributed by atoms with E-state index in [4.69, 9.17) is 0 Å². The predicted molar refractivity (Wildman–Crippen MR) is 119 cm³/mol. The average Bonchev–Trinajstić information content (AvgIpc) is 2.72. The van der Waals surface area contributed by atoms with Crippen LogP contribution in [-0.4, -0.2) is 59.7 Å². The monoisotopic (exact) mass is 426 g/mol. The fourth-order valence-electron chi connectivity index (χ4n) is 7.00. The zero-order chi connectivity index (χ0) is 21.6. The Labute approximate surface area is 184 Å². The second-order valence-electron chi connectivity index (χ2n) is 10.3. The van der Waals surface area contributed by atoms with Crippen molar-refractivity contribution in [3.05, 3.63) is 24.3 Å². The number of hydrogen-bond acceptors (Lipinski definition) is 5. The molecular weight excluding hydrogens is 392 g/mol. The molecule has 3 amide bonds. The molecule has 1 aromatic rings. The molecule has 7 heteroatoms. The van der Waals surface area contributed by atoms with Crippen LogP contribution in [-0.2, 0) is 4.79 Å². The van der Waals surface area contributed by atoms with Gasteiger partial charge in [-0.3, -0.25) is 15.0 Å². The maximum absolute atomic E-state index is 12.8. The van der Waals surface area contributed by atoms with E-state index < -0.39 is 0 Å². The van der Waals surface area contributed by atoms with Crippen molar-refractivity contribution in [1.29, 1.82) is 0 Å². The molecular formula is C24H34N4O3. The first-order valence-electron chi connectivity index (χ1n) is 11.8. The molecule has 4 bridgehead atoms. The first-order valence-corrected chi connectivity index (χ1v) is 11.8. The first kappa shape index (κ1) is 20.6. The van der Waals surface area contributed by atoms with E-state index in [-0.39, 0.29) is 29.3 Å². The molecule has 5 fully saturated rings. The van der Waals surface area contributed by atoms with Crippen molar-refractivity contribution < 1.29 is 14.7 Å².